The van der Waals surface area contributed by atoms with Gasteiger partial charge in [-0.1, -0.05) is 24.3 Å². The fourth-order valence-corrected chi connectivity index (χ4v) is 3.34. The van der Waals surface area contributed by atoms with Crippen LogP contribution >= 0.6 is 0 Å². The molecule has 1 heterocycles. The Bertz CT molecular complexity index is 714. The largest absolute Gasteiger partial charge is 0.325 e. The molecular formula is C15H19N3O2S. The van der Waals surface area contributed by atoms with Crippen molar-refractivity contribution in [3.8, 4) is 0 Å². The van der Waals surface area contributed by atoms with E-state index in [9.17, 15) is 8.42 Å². The summed E-state index contributed by atoms with van der Waals surface area (Å²) in [4.78, 5) is 4.15. The number of rotatable bonds is 6. The second kappa shape index (κ2) is 6.80. The van der Waals surface area contributed by atoms with Crippen LogP contribution in [0, 0.1) is 6.92 Å². The lowest BCUT2D eigenvalue weighted by Gasteiger charge is -2.10. The van der Waals surface area contributed by atoms with E-state index in [1.807, 2.05) is 31.2 Å². The van der Waals surface area contributed by atoms with Crippen molar-refractivity contribution in [1.82, 2.24) is 9.71 Å². The van der Waals surface area contributed by atoms with E-state index in [2.05, 4.69) is 9.71 Å². The highest BCUT2D eigenvalue weighted by molar-refractivity contribution is 7.89. The predicted molar refractivity (Wildman–Crippen MR) is 82.2 cm³/mol. The van der Waals surface area contributed by atoms with E-state index in [0.29, 0.717) is 18.7 Å². The zero-order valence-electron chi connectivity index (χ0n) is 11.9. The molecule has 3 N–H and O–H groups in total. The minimum absolute atomic E-state index is 0.0921. The van der Waals surface area contributed by atoms with Crippen molar-refractivity contribution >= 4 is 10.0 Å². The Morgan fingerprint density at radius 2 is 1.95 bits per heavy atom. The van der Waals surface area contributed by atoms with Crippen molar-refractivity contribution in [2.75, 3.05) is 6.54 Å². The van der Waals surface area contributed by atoms with Crippen molar-refractivity contribution in [3.05, 3.63) is 59.4 Å². The maximum atomic E-state index is 12.3. The van der Waals surface area contributed by atoms with Gasteiger partial charge in [0.25, 0.3) is 0 Å². The smallest absolute Gasteiger partial charge is 0.242 e. The number of benzene rings is 1. The Labute approximate surface area is 125 Å². The van der Waals surface area contributed by atoms with E-state index in [-0.39, 0.29) is 11.4 Å². The van der Waals surface area contributed by atoms with E-state index in [0.717, 1.165) is 11.1 Å². The summed E-state index contributed by atoms with van der Waals surface area (Å²) in [6.07, 6.45) is 2.18. The summed E-state index contributed by atoms with van der Waals surface area (Å²) in [7, 11) is -3.58. The van der Waals surface area contributed by atoms with Crippen molar-refractivity contribution in [2.24, 2.45) is 5.73 Å². The molecule has 21 heavy (non-hydrogen) atoms. The number of nitrogens with two attached hydrogens (primary N) is 1. The summed E-state index contributed by atoms with van der Waals surface area (Å²) in [6, 6.07) is 11.0. The first-order valence-corrected chi connectivity index (χ1v) is 8.21. The highest BCUT2D eigenvalue weighted by atomic mass is 32.2. The monoisotopic (exact) mass is 305 g/mol. The van der Waals surface area contributed by atoms with Crippen LogP contribution < -0.4 is 10.5 Å². The molecule has 0 aliphatic carbocycles. The third-order valence-corrected chi connectivity index (χ3v) is 4.81. The van der Waals surface area contributed by atoms with Crippen LogP contribution in [-0.2, 0) is 23.0 Å². The molecule has 6 heteroatoms. The van der Waals surface area contributed by atoms with Gasteiger partial charge < -0.3 is 5.73 Å². The molecule has 1 aromatic heterocycles. The number of hydrogen-bond donors (Lipinski definition) is 2. The molecule has 0 aliphatic heterocycles. The SMILES string of the molecule is Cc1ccccc1CCNS(=O)(=O)c1cccnc1CN. The molecule has 0 radical (unpaired) electrons. The number of aromatic nitrogens is 1. The van der Waals surface area contributed by atoms with Crippen LogP contribution in [0.25, 0.3) is 0 Å². The first kappa shape index (κ1) is 15.6. The van der Waals surface area contributed by atoms with Crippen LogP contribution in [0.3, 0.4) is 0 Å². The van der Waals surface area contributed by atoms with Gasteiger partial charge in [-0.15, -0.1) is 0 Å². The van der Waals surface area contributed by atoms with Gasteiger partial charge in [0.1, 0.15) is 4.90 Å². The topological polar surface area (TPSA) is 85.1 Å². The van der Waals surface area contributed by atoms with E-state index < -0.39 is 10.0 Å². The average Bonchev–Trinajstić information content (AvgIpc) is 2.49. The van der Waals surface area contributed by atoms with Crippen molar-refractivity contribution in [1.29, 1.82) is 0 Å². The molecular weight excluding hydrogens is 286 g/mol. The van der Waals surface area contributed by atoms with Crippen molar-refractivity contribution < 1.29 is 8.42 Å². The van der Waals surface area contributed by atoms with Crippen molar-refractivity contribution in [2.45, 2.75) is 24.8 Å². The third kappa shape index (κ3) is 3.87. The number of nitrogens with one attached hydrogen (secondary N) is 1. The summed E-state index contributed by atoms with van der Waals surface area (Å²) in [5.74, 6) is 0. The number of nitrogens with zero attached hydrogens (tertiary/aromatic N) is 1. The van der Waals surface area contributed by atoms with Gasteiger partial charge in [0.2, 0.25) is 10.0 Å². The highest BCUT2D eigenvalue weighted by Gasteiger charge is 2.17. The summed E-state index contributed by atoms with van der Waals surface area (Å²) in [5.41, 5.74) is 8.19. The molecule has 0 saturated heterocycles. The van der Waals surface area contributed by atoms with E-state index in [1.165, 1.54) is 12.3 Å². The third-order valence-electron chi connectivity index (χ3n) is 3.28. The molecule has 0 aliphatic rings. The fraction of sp³-hybridized carbons (Fsp3) is 0.267. The minimum atomic E-state index is -3.58. The predicted octanol–water partition coefficient (Wildman–Crippen LogP) is 1.37. The second-order valence-electron chi connectivity index (χ2n) is 4.73. The summed E-state index contributed by atoms with van der Waals surface area (Å²) in [6.45, 7) is 2.44. The van der Waals surface area contributed by atoms with Gasteiger partial charge in [-0.05, 0) is 36.6 Å². The molecule has 2 rings (SSSR count). The average molecular weight is 305 g/mol. The molecule has 0 atom stereocenters. The van der Waals surface area contributed by atoms with E-state index >= 15 is 0 Å². The molecule has 0 amide bonds. The number of pyridine rings is 1. The highest BCUT2D eigenvalue weighted by Crippen LogP contribution is 2.12. The standard InChI is InChI=1S/C15H19N3O2S/c1-12-5-2-3-6-13(12)8-10-18-21(19,20)15-7-4-9-17-14(15)11-16/h2-7,9,18H,8,10-11,16H2,1H3. The van der Waals surface area contributed by atoms with Gasteiger partial charge in [0.15, 0.2) is 0 Å². The maximum absolute atomic E-state index is 12.3. The number of hydrogen-bond acceptors (Lipinski definition) is 4. The van der Waals surface area contributed by atoms with E-state index in [1.54, 1.807) is 6.07 Å². The summed E-state index contributed by atoms with van der Waals surface area (Å²) >= 11 is 0. The molecule has 1 aromatic carbocycles. The molecule has 0 saturated carbocycles. The van der Waals surface area contributed by atoms with Crippen molar-refractivity contribution in [3.63, 3.8) is 0 Å². The second-order valence-corrected chi connectivity index (χ2v) is 6.46. The Hall–Kier alpha value is -1.76. The van der Waals surface area contributed by atoms with Gasteiger partial charge in [-0.3, -0.25) is 4.98 Å². The van der Waals surface area contributed by atoms with E-state index in [4.69, 9.17) is 5.73 Å². The Morgan fingerprint density at radius 1 is 1.19 bits per heavy atom. The zero-order chi connectivity index (χ0) is 15.3. The van der Waals surface area contributed by atoms with Crippen LogP contribution in [0.5, 0.6) is 0 Å². The molecule has 0 bridgehead atoms. The fourth-order valence-electron chi connectivity index (χ4n) is 2.11. The van der Waals surface area contributed by atoms with Gasteiger partial charge in [0.05, 0.1) is 5.69 Å². The summed E-state index contributed by atoms with van der Waals surface area (Å²) in [5, 5.41) is 0. The van der Waals surface area contributed by atoms with Crippen LogP contribution in [0.1, 0.15) is 16.8 Å². The molecule has 112 valence electrons. The normalized spacial score (nSPS) is 11.5. The van der Waals surface area contributed by atoms with Gasteiger partial charge in [-0.2, -0.15) is 0 Å². The minimum Gasteiger partial charge on any atom is -0.325 e. The molecule has 0 fully saturated rings. The van der Waals surface area contributed by atoms with Crippen LogP contribution in [0.2, 0.25) is 0 Å². The lowest BCUT2D eigenvalue weighted by molar-refractivity contribution is 0.579. The van der Waals surface area contributed by atoms with Crippen LogP contribution in [0.15, 0.2) is 47.5 Å². The van der Waals surface area contributed by atoms with Gasteiger partial charge >= 0.3 is 0 Å². The lowest BCUT2D eigenvalue weighted by atomic mass is 10.1. The quantitative estimate of drug-likeness (QED) is 0.844. The lowest BCUT2D eigenvalue weighted by Crippen LogP contribution is -2.27. The first-order chi connectivity index (χ1) is 10.0. The zero-order valence-corrected chi connectivity index (χ0v) is 12.7. The number of sulfonamides is 1. The Kier molecular flexibility index (Phi) is 5.06. The number of aryl methyl sites for hydroxylation is 1. The Balaban J connectivity index is 2.07. The van der Waals surface area contributed by atoms with Gasteiger partial charge in [-0.25, -0.2) is 13.1 Å². The summed E-state index contributed by atoms with van der Waals surface area (Å²) < 4.78 is 27.2. The van der Waals surface area contributed by atoms with Gasteiger partial charge in [0, 0.05) is 19.3 Å². The maximum Gasteiger partial charge on any atom is 0.242 e. The van der Waals surface area contributed by atoms with Crippen LogP contribution in [-0.4, -0.2) is 19.9 Å². The molecule has 0 unspecified atom stereocenters. The molecule has 0 spiro atoms. The molecule has 5 nitrogen and oxygen atoms in total. The first-order valence-electron chi connectivity index (χ1n) is 6.72. The molecule has 2 aromatic rings. The van der Waals surface area contributed by atoms with Crippen LogP contribution in [0.4, 0.5) is 0 Å². The Morgan fingerprint density at radius 3 is 2.67 bits per heavy atom.